The van der Waals surface area contributed by atoms with E-state index >= 15 is 0 Å². The van der Waals surface area contributed by atoms with Gasteiger partial charge in [0.25, 0.3) is 0 Å². The Balaban J connectivity index is 5.19. The minimum atomic E-state index is -4.95. The molecular weight excluding hydrogens is 1200 g/mol. The fourth-order valence-corrected chi connectivity index (χ4v) is 12.5. The molecule has 19 heteroatoms. The normalized spacial score (nSPS) is 14.3. The standard InChI is InChI=1S/C72H140O17P2/c1-6-10-13-16-19-21-23-24-25-29-33-36-41-46-51-56-70(75)83-62-68(89-72(77)58-53-48-43-38-34-30-27-26-28-32-35-40-44-49-54-65(5)9-4)64-87-91(80,81)85-60-66(73)59-84-90(78,79)86-63-67(61-82-69(74)55-50-45-39-18-15-12-8-3)88-71(76)57-52-47-42-37-31-22-20-17-14-11-7-2/h65-68,73H,6-64H2,1-5H3,(H,78,79)(H,80,81)/t65?,66-,67+,68+/m0/s1. The number of hydrogen-bond donors (Lipinski definition) is 3. The van der Waals surface area contributed by atoms with Crippen LogP contribution in [0.4, 0.5) is 0 Å². The molecule has 0 aromatic heterocycles. The molecule has 0 radical (unpaired) electrons. The van der Waals surface area contributed by atoms with E-state index in [0.717, 1.165) is 109 Å². The lowest BCUT2D eigenvalue weighted by Gasteiger charge is -2.21. The average molecular weight is 1340 g/mol. The van der Waals surface area contributed by atoms with Crippen molar-refractivity contribution in [3.63, 3.8) is 0 Å². The summed E-state index contributed by atoms with van der Waals surface area (Å²) in [6, 6.07) is 0. The van der Waals surface area contributed by atoms with E-state index in [1.807, 2.05) is 0 Å². The first-order chi connectivity index (χ1) is 44.1. The number of aliphatic hydroxyl groups excluding tert-OH is 1. The molecule has 0 aromatic carbocycles. The molecule has 0 fully saturated rings. The molecule has 0 heterocycles. The molecule has 0 amide bonds. The van der Waals surface area contributed by atoms with Gasteiger partial charge in [-0.3, -0.25) is 37.3 Å². The lowest BCUT2D eigenvalue weighted by atomic mass is 9.99. The Morgan fingerprint density at radius 2 is 0.527 bits per heavy atom. The molecule has 3 unspecified atom stereocenters. The van der Waals surface area contributed by atoms with E-state index in [-0.39, 0.29) is 25.7 Å². The van der Waals surface area contributed by atoms with Crippen molar-refractivity contribution in [3.8, 4) is 0 Å². The molecule has 17 nitrogen and oxygen atoms in total. The van der Waals surface area contributed by atoms with Gasteiger partial charge in [-0.2, -0.15) is 0 Å². The number of unbranched alkanes of at least 4 members (excludes halogenated alkanes) is 43. The topological polar surface area (TPSA) is 237 Å². The van der Waals surface area contributed by atoms with Crippen LogP contribution in [0.1, 0.15) is 375 Å². The highest BCUT2D eigenvalue weighted by Crippen LogP contribution is 2.45. The third kappa shape index (κ3) is 65.1. The molecule has 540 valence electrons. The van der Waals surface area contributed by atoms with Crippen LogP contribution < -0.4 is 0 Å². The SMILES string of the molecule is CCCCCCCCCCCCCCCCCC(=O)OC[C@H](COP(=O)(O)OC[C@@H](O)COP(=O)(O)OC[C@@H](COC(=O)CCCCCCCCC)OC(=O)CCCCCCCCCCCCC)OC(=O)CCCCCCCCCCCCCCCCC(C)CC. The molecule has 3 N–H and O–H groups in total. The molecule has 0 rings (SSSR count). The molecule has 0 saturated carbocycles. The fraction of sp³-hybridized carbons (Fsp3) is 0.944. The molecule has 91 heavy (non-hydrogen) atoms. The Kier molecular flexibility index (Phi) is 64.0. The summed E-state index contributed by atoms with van der Waals surface area (Å²) in [6.45, 7) is 7.28. The van der Waals surface area contributed by atoms with E-state index in [1.165, 1.54) is 186 Å². The number of carbonyl (C=O) groups is 4. The van der Waals surface area contributed by atoms with E-state index < -0.39 is 97.5 Å². The summed E-state index contributed by atoms with van der Waals surface area (Å²) >= 11 is 0. The molecule has 6 atom stereocenters. The van der Waals surface area contributed by atoms with E-state index in [9.17, 15) is 43.2 Å². The van der Waals surface area contributed by atoms with Gasteiger partial charge < -0.3 is 33.8 Å². The van der Waals surface area contributed by atoms with Gasteiger partial charge in [-0.05, 0) is 31.6 Å². The van der Waals surface area contributed by atoms with Crippen molar-refractivity contribution in [2.24, 2.45) is 5.92 Å². The number of carbonyl (C=O) groups excluding carboxylic acids is 4. The van der Waals surface area contributed by atoms with Crippen molar-refractivity contribution < 1.29 is 80.2 Å². The van der Waals surface area contributed by atoms with Gasteiger partial charge in [-0.1, -0.05) is 324 Å². The van der Waals surface area contributed by atoms with Crippen molar-refractivity contribution in [2.75, 3.05) is 39.6 Å². The lowest BCUT2D eigenvalue weighted by molar-refractivity contribution is -0.161. The van der Waals surface area contributed by atoms with Gasteiger partial charge in [0.2, 0.25) is 0 Å². The molecule has 0 saturated heterocycles. The maximum atomic E-state index is 13.0. The number of ether oxygens (including phenoxy) is 4. The predicted octanol–water partition coefficient (Wildman–Crippen LogP) is 20.9. The summed E-state index contributed by atoms with van der Waals surface area (Å²) in [5.41, 5.74) is 0. The number of aliphatic hydroxyl groups is 1. The minimum absolute atomic E-state index is 0.107. The van der Waals surface area contributed by atoms with E-state index in [1.54, 1.807) is 0 Å². The second-order valence-corrected chi connectivity index (χ2v) is 29.1. The van der Waals surface area contributed by atoms with Crippen LogP contribution in [0.25, 0.3) is 0 Å². The Bertz CT molecular complexity index is 1760. The summed E-state index contributed by atoms with van der Waals surface area (Å²) in [7, 11) is -9.90. The second-order valence-electron chi connectivity index (χ2n) is 26.2. The van der Waals surface area contributed by atoms with Crippen molar-refractivity contribution in [1.82, 2.24) is 0 Å². The minimum Gasteiger partial charge on any atom is -0.462 e. The van der Waals surface area contributed by atoms with Gasteiger partial charge in [0, 0.05) is 25.7 Å². The van der Waals surface area contributed by atoms with E-state index in [2.05, 4.69) is 34.6 Å². The average Bonchev–Trinajstić information content (AvgIpc) is 3.68. The zero-order chi connectivity index (χ0) is 67.0. The smallest absolute Gasteiger partial charge is 0.462 e. The van der Waals surface area contributed by atoms with Gasteiger partial charge >= 0.3 is 39.5 Å². The van der Waals surface area contributed by atoms with Crippen molar-refractivity contribution in [3.05, 3.63) is 0 Å². The monoisotopic (exact) mass is 1340 g/mol. The summed E-state index contributed by atoms with van der Waals surface area (Å²) in [6.07, 6.45) is 52.7. The third-order valence-corrected chi connectivity index (χ3v) is 19.0. The fourth-order valence-electron chi connectivity index (χ4n) is 11.0. The van der Waals surface area contributed by atoms with Crippen LogP contribution in [0.5, 0.6) is 0 Å². The highest BCUT2D eigenvalue weighted by Gasteiger charge is 2.30. The third-order valence-electron chi connectivity index (χ3n) is 17.1. The Morgan fingerprint density at radius 3 is 0.780 bits per heavy atom. The van der Waals surface area contributed by atoms with Crippen LogP contribution in [0.2, 0.25) is 0 Å². The second kappa shape index (κ2) is 65.4. The van der Waals surface area contributed by atoms with Crippen LogP contribution in [0, 0.1) is 5.92 Å². The number of phosphoric acid groups is 2. The Labute approximate surface area is 556 Å². The molecule has 0 bridgehead atoms. The van der Waals surface area contributed by atoms with Crippen LogP contribution in [0.15, 0.2) is 0 Å². The largest absolute Gasteiger partial charge is 0.472 e. The Hall–Kier alpha value is -1.94. The first kappa shape index (κ1) is 89.1. The summed E-state index contributed by atoms with van der Waals surface area (Å²) < 4.78 is 68.3. The zero-order valence-corrected chi connectivity index (χ0v) is 60.8. The van der Waals surface area contributed by atoms with Gasteiger partial charge in [0.1, 0.15) is 19.3 Å². The summed E-state index contributed by atoms with van der Waals surface area (Å²) in [4.78, 5) is 72.5. The number of esters is 4. The van der Waals surface area contributed by atoms with Gasteiger partial charge in [-0.25, -0.2) is 9.13 Å². The van der Waals surface area contributed by atoms with E-state index in [0.29, 0.717) is 25.7 Å². The lowest BCUT2D eigenvalue weighted by Crippen LogP contribution is -2.30. The number of rotatable bonds is 72. The summed E-state index contributed by atoms with van der Waals surface area (Å²) in [5.74, 6) is -1.28. The molecule has 0 aromatic rings. The van der Waals surface area contributed by atoms with Gasteiger partial charge in [-0.15, -0.1) is 0 Å². The highest BCUT2D eigenvalue weighted by molar-refractivity contribution is 7.47. The first-order valence-electron chi connectivity index (χ1n) is 37.7. The maximum Gasteiger partial charge on any atom is 0.472 e. The van der Waals surface area contributed by atoms with Crippen LogP contribution in [0.3, 0.4) is 0 Å². The molecular formula is C72H140O17P2. The Morgan fingerprint density at radius 1 is 0.308 bits per heavy atom. The molecule has 0 aliphatic rings. The molecule has 0 aliphatic heterocycles. The molecule has 0 spiro atoms. The van der Waals surface area contributed by atoms with Gasteiger partial charge in [0.15, 0.2) is 12.2 Å². The maximum absolute atomic E-state index is 13.0. The van der Waals surface area contributed by atoms with Gasteiger partial charge in [0.05, 0.1) is 26.4 Å². The summed E-state index contributed by atoms with van der Waals surface area (Å²) in [5, 5.41) is 10.6. The quantitative estimate of drug-likeness (QED) is 0.0222. The number of phosphoric ester groups is 2. The first-order valence-corrected chi connectivity index (χ1v) is 40.7. The van der Waals surface area contributed by atoms with Crippen molar-refractivity contribution in [2.45, 2.75) is 393 Å². The molecule has 0 aliphatic carbocycles. The van der Waals surface area contributed by atoms with E-state index in [4.69, 9.17) is 37.0 Å². The van der Waals surface area contributed by atoms with Crippen molar-refractivity contribution in [1.29, 1.82) is 0 Å². The predicted molar refractivity (Wildman–Crippen MR) is 368 cm³/mol. The zero-order valence-electron chi connectivity index (χ0n) is 59.0. The number of hydrogen-bond acceptors (Lipinski definition) is 15. The van der Waals surface area contributed by atoms with Crippen LogP contribution in [-0.2, 0) is 65.4 Å². The highest BCUT2D eigenvalue weighted by atomic mass is 31.2. The van der Waals surface area contributed by atoms with Crippen LogP contribution in [-0.4, -0.2) is 96.7 Å². The van der Waals surface area contributed by atoms with Crippen LogP contribution >= 0.6 is 15.6 Å². The van der Waals surface area contributed by atoms with Crippen molar-refractivity contribution >= 4 is 39.5 Å².